The molecule has 0 aliphatic heterocycles. The van der Waals surface area contributed by atoms with Gasteiger partial charge in [0, 0.05) is 17.9 Å². The SMILES string of the molecule is CCC(CC)N(CCBr)S(=O)(=O)c1cnc(C)[nH]1. The number of nitrogens with one attached hydrogen (secondary N) is 1. The first kappa shape index (κ1) is 15.7. The molecule has 0 bridgehead atoms. The first-order valence-corrected chi connectivity index (χ1v) is 8.62. The molecule has 0 amide bonds. The Morgan fingerprint density at radius 3 is 2.44 bits per heavy atom. The second-order valence-corrected chi connectivity index (χ2v) is 6.76. The minimum atomic E-state index is -3.48. The van der Waals surface area contributed by atoms with Crippen molar-refractivity contribution in [1.29, 1.82) is 0 Å². The van der Waals surface area contributed by atoms with Crippen LogP contribution in [0.1, 0.15) is 32.5 Å². The highest BCUT2D eigenvalue weighted by molar-refractivity contribution is 9.09. The lowest BCUT2D eigenvalue weighted by Gasteiger charge is -2.28. The molecule has 0 radical (unpaired) electrons. The molecule has 0 atom stereocenters. The summed E-state index contributed by atoms with van der Waals surface area (Å²) in [4.78, 5) is 6.77. The third kappa shape index (κ3) is 3.33. The zero-order chi connectivity index (χ0) is 13.8. The minimum absolute atomic E-state index is 0.0242. The predicted octanol–water partition coefficient (Wildman–Crippen LogP) is 2.29. The van der Waals surface area contributed by atoms with E-state index in [0.29, 0.717) is 17.7 Å². The Hall–Kier alpha value is -0.400. The smallest absolute Gasteiger partial charge is 0.260 e. The maximum Gasteiger partial charge on any atom is 0.260 e. The van der Waals surface area contributed by atoms with Crippen LogP contribution >= 0.6 is 15.9 Å². The highest BCUT2D eigenvalue weighted by atomic mass is 79.9. The number of aryl methyl sites for hydroxylation is 1. The number of imidazole rings is 1. The molecule has 1 aromatic heterocycles. The number of H-pyrrole nitrogens is 1. The van der Waals surface area contributed by atoms with Crippen molar-refractivity contribution in [2.75, 3.05) is 11.9 Å². The van der Waals surface area contributed by atoms with E-state index in [1.807, 2.05) is 13.8 Å². The van der Waals surface area contributed by atoms with Gasteiger partial charge in [-0.25, -0.2) is 13.4 Å². The number of rotatable bonds is 7. The quantitative estimate of drug-likeness (QED) is 0.776. The van der Waals surface area contributed by atoms with Gasteiger partial charge in [0.1, 0.15) is 5.82 Å². The Morgan fingerprint density at radius 2 is 2.06 bits per heavy atom. The molecular formula is C11H20BrN3O2S. The number of nitrogens with zero attached hydrogens (tertiary/aromatic N) is 2. The number of hydrogen-bond acceptors (Lipinski definition) is 3. The maximum atomic E-state index is 12.5. The van der Waals surface area contributed by atoms with E-state index >= 15 is 0 Å². The van der Waals surface area contributed by atoms with Gasteiger partial charge in [-0.1, -0.05) is 29.8 Å². The molecule has 0 spiro atoms. The van der Waals surface area contributed by atoms with E-state index in [9.17, 15) is 8.42 Å². The first-order valence-electron chi connectivity index (χ1n) is 6.06. The highest BCUT2D eigenvalue weighted by Crippen LogP contribution is 2.20. The van der Waals surface area contributed by atoms with E-state index in [1.165, 1.54) is 6.20 Å². The van der Waals surface area contributed by atoms with Crippen molar-refractivity contribution in [2.24, 2.45) is 0 Å². The molecular weight excluding hydrogens is 318 g/mol. The topological polar surface area (TPSA) is 66.1 Å². The number of aromatic amines is 1. The summed E-state index contributed by atoms with van der Waals surface area (Å²) in [5.41, 5.74) is 0. The lowest BCUT2D eigenvalue weighted by molar-refractivity contribution is 0.316. The van der Waals surface area contributed by atoms with E-state index in [1.54, 1.807) is 11.2 Å². The Bertz CT molecular complexity index is 468. The summed E-state index contributed by atoms with van der Waals surface area (Å²) in [6.45, 7) is 6.21. The van der Waals surface area contributed by atoms with Crippen molar-refractivity contribution in [3.05, 3.63) is 12.0 Å². The number of aromatic nitrogens is 2. The predicted molar refractivity (Wildman–Crippen MR) is 75.4 cm³/mol. The van der Waals surface area contributed by atoms with Gasteiger partial charge >= 0.3 is 0 Å². The molecule has 1 heterocycles. The second kappa shape index (κ2) is 6.68. The molecule has 0 saturated carbocycles. The van der Waals surface area contributed by atoms with Gasteiger partial charge < -0.3 is 4.98 Å². The third-order valence-corrected chi connectivity index (χ3v) is 5.14. The summed E-state index contributed by atoms with van der Waals surface area (Å²) in [5, 5.41) is 0.795. The van der Waals surface area contributed by atoms with Gasteiger partial charge in [0.25, 0.3) is 10.0 Å². The largest absolute Gasteiger partial charge is 0.332 e. The normalized spacial score (nSPS) is 12.6. The van der Waals surface area contributed by atoms with Crippen molar-refractivity contribution in [3.8, 4) is 0 Å². The van der Waals surface area contributed by atoms with E-state index in [4.69, 9.17) is 0 Å². The molecule has 104 valence electrons. The molecule has 1 aromatic rings. The van der Waals surface area contributed by atoms with E-state index < -0.39 is 10.0 Å². The van der Waals surface area contributed by atoms with Crippen molar-refractivity contribution < 1.29 is 8.42 Å². The molecule has 5 nitrogen and oxygen atoms in total. The Labute approximate surface area is 117 Å². The van der Waals surface area contributed by atoms with Gasteiger partial charge in [-0.3, -0.25) is 0 Å². The summed E-state index contributed by atoms with van der Waals surface area (Å²) in [6, 6.07) is 0.0242. The average molecular weight is 338 g/mol. The van der Waals surface area contributed by atoms with E-state index in [2.05, 4.69) is 25.9 Å². The fourth-order valence-corrected chi connectivity index (χ4v) is 4.29. The zero-order valence-electron chi connectivity index (χ0n) is 11.0. The van der Waals surface area contributed by atoms with Crippen LogP contribution in [0.25, 0.3) is 0 Å². The standard InChI is InChI=1S/C11H20BrN3O2S/c1-4-10(5-2)15(7-6-12)18(16,17)11-8-13-9(3)14-11/h8,10H,4-7H2,1-3H3,(H,13,14). The first-order chi connectivity index (χ1) is 8.47. The molecule has 0 saturated heterocycles. The molecule has 7 heteroatoms. The molecule has 0 unspecified atom stereocenters. The van der Waals surface area contributed by atoms with Crippen molar-refractivity contribution >= 4 is 26.0 Å². The Balaban J connectivity index is 3.11. The second-order valence-electron chi connectivity index (χ2n) is 4.11. The number of alkyl halides is 1. The Morgan fingerprint density at radius 1 is 1.44 bits per heavy atom. The van der Waals surface area contributed by atoms with Gasteiger partial charge in [0.05, 0.1) is 6.20 Å². The molecule has 1 N–H and O–H groups in total. The molecule has 18 heavy (non-hydrogen) atoms. The van der Waals surface area contributed by atoms with Crippen LogP contribution in [0.3, 0.4) is 0 Å². The van der Waals surface area contributed by atoms with Crippen LogP contribution in [0, 0.1) is 6.92 Å². The fraction of sp³-hybridized carbons (Fsp3) is 0.727. The van der Waals surface area contributed by atoms with Crippen LogP contribution in [0.5, 0.6) is 0 Å². The van der Waals surface area contributed by atoms with Gasteiger partial charge in [-0.2, -0.15) is 4.31 Å². The number of hydrogen-bond donors (Lipinski definition) is 1. The monoisotopic (exact) mass is 337 g/mol. The third-order valence-electron chi connectivity index (χ3n) is 2.92. The van der Waals surface area contributed by atoms with E-state index in [0.717, 1.165) is 12.8 Å². The summed E-state index contributed by atoms with van der Waals surface area (Å²) < 4.78 is 26.6. The number of sulfonamides is 1. The molecule has 0 aliphatic rings. The summed E-state index contributed by atoms with van der Waals surface area (Å²) in [7, 11) is -3.48. The van der Waals surface area contributed by atoms with Crippen LogP contribution < -0.4 is 0 Å². The van der Waals surface area contributed by atoms with Gasteiger partial charge in [-0.05, 0) is 19.8 Å². The maximum absolute atomic E-state index is 12.5. The molecule has 0 fully saturated rings. The molecule has 1 rings (SSSR count). The number of halogens is 1. The van der Waals surface area contributed by atoms with Gasteiger partial charge in [0.2, 0.25) is 0 Å². The minimum Gasteiger partial charge on any atom is -0.332 e. The Kier molecular flexibility index (Phi) is 5.81. The lowest BCUT2D eigenvalue weighted by Crippen LogP contribution is -2.41. The highest BCUT2D eigenvalue weighted by Gasteiger charge is 2.30. The van der Waals surface area contributed by atoms with Crippen LogP contribution in [0.4, 0.5) is 0 Å². The molecule has 0 aromatic carbocycles. The van der Waals surface area contributed by atoms with Crippen LogP contribution in [0.15, 0.2) is 11.2 Å². The van der Waals surface area contributed by atoms with Gasteiger partial charge in [0.15, 0.2) is 5.03 Å². The van der Waals surface area contributed by atoms with E-state index in [-0.39, 0.29) is 11.1 Å². The van der Waals surface area contributed by atoms with Crippen molar-refractivity contribution in [3.63, 3.8) is 0 Å². The van der Waals surface area contributed by atoms with Crippen LogP contribution in [-0.2, 0) is 10.0 Å². The average Bonchev–Trinajstić information content (AvgIpc) is 2.77. The van der Waals surface area contributed by atoms with Crippen LogP contribution in [-0.4, -0.2) is 40.6 Å². The zero-order valence-corrected chi connectivity index (χ0v) is 13.4. The fourth-order valence-electron chi connectivity index (χ4n) is 1.93. The summed E-state index contributed by atoms with van der Waals surface area (Å²) in [5.74, 6) is 0.608. The molecule has 0 aliphatic carbocycles. The van der Waals surface area contributed by atoms with Gasteiger partial charge in [-0.15, -0.1) is 0 Å². The summed E-state index contributed by atoms with van der Waals surface area (Å²) in [6.07, 6.45) is 2.99. The van der Waals surface area contributed by atoms with Crippen molar-refractivity contribution in [1.82, 2.24) is 14.3 Å². The van der Waals surface area contributed by atoms with Crippen LogP contribution in [0.2, 0.25) is 0 Å². The van der Waals surface area contributed by atoms with Crippen molar-refractivity contribution in [2.45, 2.75) is 44.7 Å². The summed E-state index contributed by atoms with van der Waals surface area (Å²) >= 11 is 3.31. The lowest BCUT2D eigenvalue weighted by atomic mass is 10.2.